The standard InChI is InChI=1S/C44H51N5O6/c1-6-41(51)49-29(2)26-39(36-18-11-12-19-38(36)49)48(25-13-24-45-43(53)55-44(3,4)5)31-22-20-30(21-23-31)47-40(50)27-46-42(52)54-28-37-34-16-9-7-14-32(34)33-15-8-10-17-35(33)37/h7-12,14-23,29,37,39H,6,13,24-28H2,1-5H3,(H,45,53)(H,46,52)(H,47,50)/t29-,39+/m0/s1. The first-order chi connectivity index (χ1) is 26.4. The minimum atomic E-state index is -0.662. The average molecular weight is 746 g/mol. The Morgan fingerprint density at radius 1 is 0.800 bits per heavy atom. The van der Waals surface area contributed by atoms with E-state index in [0.29, 0.717) is 38.0 Å². The molecular formula is C44H51N5O6. The van der Waals surface area contributed by atoms with Crippen molar-refractivity contribution < 1.29 is 28.7 Å². The molecule has 0 radical (unpaired) electrons. The van der Waals surface area contributed by atoms with Crippen molar-refractivity contribution in [3.05, 3.63) is 114 Å². The summed E-state index contributed by atoms with van der Waals surface area (Å²) in [5.74, 6) is -0.379. The normalized spacial score (nSPS) is 15.9. The van der Waals surface area contributed by atoms with E-state index in [1.165, 1.54) is 0 Å². The van der Waals surface area contributed by atoms with Crippen LogP contribution in [0.4, 0.5) is 26.7 Å². The number of nitrogens with one attached hydrogen (secondary N) is 3. The lowest BCUT2D eigenvalue weighted by molar-refractivity contribution is -0.119. The van der Waals surface area contributed by atoms with Crippen LogP contribution in [-0.4, -0.2) is 61.9 Å². The second kappa shape index (κ2) is 17.1. The Morgan fingerprint density at radius 2 is 1.42 bits per heavy atom. The van der Waals surface area contributed by atoms with Crippen LogP contribution in [0.25, 0.3) is 11.1 Å². The van der Waals surface area contributed by atoms with Gasteiger partial charge in [0.1, 0.15) is 18.8 Å². The molecule has 4 amide bonds. The first-order valence-corrected chi connectivity index (χ1v) is 19.1. The van der Waals surface area contributed by atoms with E-state index in [2.05, 4.69) is 58.1 Å². The highest BCUT2D eigenvalue weighted by atomic mass is 16.6. The first-order valence-electron chi connectivity index (χ1n) is 19.1. The van der Waals surface area contributed by atoms with Gasteiger partial charge in [0.15, 0.2) is 0 Å². The zero-order valence-electron chi connectivity index (χ0n) is 32.3. The minimum Gasteiger partial charge on any atom is -0.449 e. The number of carbonyl (C=O) groups excluding carboxylic acids is 4. The van der Waals surface area contributed by atoms with Gasteiger partial charge >= 0.3 is 12.2 Å². The van der Waals surface area contributed by atoms with E-state index in [-0.39, 0.29) is 43.0 Å². The van der Waals surface area contributed by atoms with Gasteiger partial charge in [0.05, 0.1) is 6.04 Å². The Kier molecular flexibility index (Phi) is 12.1. The molecule has 0 unspecified atom stereocenters. The van der Waals surface area contributed by atoms with Gasteiger partial charge < -0.3 is 35.2 Å². The number of para-hydroxylation sites is 1. The van der Waals surface area contributed by atoms with Gasteiger partial charge in [-0.2, -0.15) is 0 Å². The number of rotatable bonds is 12. The van der Waals surface area contributed by atoms with Gasteiger partial charge in [-0.25, -0.2) is 9.59 Å². The third-order valence-corrected chi connectivity index (χ3v) is 9.97. The van der Waals surface area contributed by atoms with Gasteiger partial charge in [-0.3, -0.25) is 9.59 Å². The summed E-state index contributed by atoms with van der Waals surface area (Å²) in [6.45, 7) is 10.4. The zero-order chi connectivity index (χ0) is 39.1. The molecule has 0 saturated carbocycles. The van der Waals surface area contributed by atoms with Crippen molar-refractivity contribution in [2.75, 3.05) is 41.4 Å². The van der Waals surface area contributed by atoms with Crippen molar-refractivity contribution in [1.82, 2.24) is 10.6 Å². The molecule has 1 heterocycles. The molecule has 288 valence electrons. The van der Waals surface area contributed by atoms with Crippen molar-refractivity contribution in [3.8, 4) is 11.1 Å². The second-order valence-electron chi connectivity index (χ2n) is 15.0. The molecule has 0 aromatic heterocycles. The van der Waals surface area contributed by atoms with Crippen molar-refractivity contribution in [2.24, 2.45) is 0 Å². The van der Waals surface area contributed by atoms with E-state index in [0.717, 1.165) is 39.2 Å². The maximum atomic E-state index is 13.0. The van der Waals surface area contributed by atoms with Gasteiger partial charge in [0, 0.05) is 48.5 Å². The van der Waals surface area contributed by atoms with E-state index in [1.807, 2.05) is 99.3 Å². The van der Waals surface area contributed by atoms with Crippen LogP contribution in [0.1, 0.15) is 82.5 Å². The lowest BCUT2D eigenvalue weighted by atomic mass is 9.89. The Balaban J connectivity index is 1.09. The number of ether oxygens (including phenoxy) is 2. The quantitative estimate of drug-likeness (QED) is 0.125. The van der Waals surface area contributed by atoms with Gasteiger partial charge in [-0.1, -0.05) is 73.7 Å². The van der Waals surface area contributed by atoms with Crippen LogP contribution in [0.2, 0.25) is 0 Å². The van der Waals surface area contributed by atoms with E-state index in [4.69, 9.17) is 9.47 Å². The monoisotopic (exact) mass is 745 g/mol. The number of hydrogen-bond acceptors (Lipinski definition) is 7. The van der Waals surface area contributed by atoms with E-state index < -0.39 is 17.8 Å². The fraction of sp³-hybridized carbons (Fsp3) is 0.364. The van der Waals surface area contributed by atoms with Crippen LogP contribution in [0, 0.1) is 0 Å². The van der Waals surface area contributed by atoms with Crippen LogP contribution in [0.3, 0.4) is 0 Å². The molecule has 0 spiro atoms. The van der Waals surface area contributed by atoms with E-state index in [9.17, 15) is 19.2 Å². The average Bonchev–Trinajstić information content (AvgIpc) is 3.49. The molecular weight excluding hydrogens is 695 g/mol. The Morgan fingerprint density at radius 3 is 2.05 bits per heavy atom. The molecule has 11 heteroatoms. The molecule has 3 N–H and O–H groups in total. The van der Waals surface area contributed by atoms with Crippen molar-refractivity contribution >= 4 is 41.1 Å². The predicted molar refractivity (Wildman–Crippen MR) is 215 cm³/mol. The van der Waals surface area contributed by atoms with Gasteiger partial charge in [-0.15, -0.1) is 0 Å². The molecule has 1 aliphatic carbocycles. The summed E-state index contributed by atoms with van der Waals surface area (Å²) in [7, 11) is 0. The number of fused-ring (bicyclic) bond motifs is 4. The molecule has 2 atom stereocenters. The lowest BCUT2D eigenvalue weighted by Crippen LogP contribution is -2.46. The Bertz CT molecular complexity index is 1960. The highest BCUT2D eigenvalue weighted by molar-refractivity contribution is 5.96. The smallest absolute Gasteiger partial charge is 0.407 e. The molecule has 4 aromatic carbocycles. The van der Waals surface area contributed by atoms with Gasteiger partial charge in [0.2, 0.25) is 11.8 Å². The Labute approximate surface area is 323 Å². The highest BCUT2D eigenvalue weighted by Crippen LogP contribution is 2.45. The highest BCUT2D eigenvalue weighted by Gasteiger charge is 2.36. The van der Waals surface area contributed by atoms with Crippen LogP contribution < -0.4 is 25.8 Å². The van der Waals surface area contributed by atoms with Crippen molar-refractivity contribution in [3.63, 3.8) is 0 Å². The number of benzene rings is 4. The van der Waals surface area contributed by atoms with Gasteiger partial charge in [-0.05, 0) is 98.7 Å². The molecule has 11 nitrogen and oxygen atoms in total. The van der Waals surface area contributed by atoms with E-state index in [1.54, 1.807) is 0 Å². The molecule has 1 aliphatic heterocycles. The number of carbonyl (C=O) groups is 4. The summed E-state index contributed by atoms with van der Waals surface area (Å²) in [5, 5.41) is 8.30. The largest absolute Gasteiger partial charge is 0.449 e. The molecule has 2 aliphatic rings. The van der Waals surface area contributed by atoms with Gasteiger partial charge in [0.25, 0.3) is 0 Å². The van der Waals surface area contributed by atoms with Crippen LogP contribution in [0.15, 0.2) is 97.1 Å². The molecule has 4 aromatic rings. The Hall–Kier alpha value is -5.84. The molecule has 55 heavy (non-hydrogen) atoms. The van der Waals surface area contributed by atoms with E-state index >= 15 is 0 Å². The molecule has 6 rings (SSSR count). The van der Waals surface area contributed by atoms with Crippen molar-refractivity contribution in [2.45, 2.75) is 77.5 Å². The fourth-order valence-electron chi connectivity index (χ4n) is 7.59. The molecule has 0 saturated heterocycles. The maximum absolute atomic E-state index is 13.0. The third kappa shape index (κ3) is 9.28. The lowest BCUT2D eigenvalue weighted by Gasteiger charge is -2.44. The summed E-state index contributed by atoms with van der Waals surface area (Å²) in [4.78, 5) is 55.1. The molecule has 0 fully saturated rings. The maximum Gasteiger partial charge on any atom is 0.407 e. The zero-order valence-corrected chi connectivity index (χ0v) is 32.3. The van der Waals surface area contributed by atoms with Crippen molar-refractivity contribution in [1.29, 1.82) is 0 Å². The summed E-state index contributed by atoms with van der Waals surface area (Å²) >= 11 is 0. The first kappa shape index (κ1) is 38.9. The second-order valence-corrected chi connectivity index (χ2v) is 15.0. The number of amides is 4. The van der Waals surface area contributed by atoms with Crippen LogP contribution in [-0.2, 0) is 19.1 Å². The number of nitrogens with zero attached hydrogens (tertiary/aromatic N) is 2. The SMILES string of the molecule is CCC(=O)N1c2ccccc2[C@H](N(CCCNC(=O)OC(C)(C)C)c2ccc(NC(=O)CNC(=O)OCC3c4ccccc4-c4ccccc43)cc2)C[C@@H]1C. The number of alkyl carbamates (subject to hydrolysis) is 2. The number of hydrogen-bond donors (Lipinski definition) is 3. The minimum absolute atomic E-state index is 0.0303. The predicted octanol–water partition coefficient (Wildman–Crippen LogP) is 8.16. The number of anilines is 3. The summed E-state index contributed by atoms with van der Waals surface area (Å²) in [5.41, 5.74) is 7.39. The summed E-state index contributed by atoms with van der Waals surface area (Å²) in [6.07, 6.45) is 0.646. The fourth-order valence-corrected chi connectivity index (χ4v) is 7.59. The topological polar surface area (TPSA) is 129 Å². The van der Waals surface area contributed by atoms with Crippen LogP contribution in [0.5, 0.6) is 0 Å². The molecule has 0 bridgehead atoms. The third-order valence-electron chi connectivity index (χ3n) is 9.97. The summed E-state index contributed by atoms with van der Waals surface area (Å²) < 4.78 is 11.0. The van der Waals surface area contributed by atoms with Crippen LogP contribution >= 0.6 is 0 Å². The summed E-state index contributed by atoms with van der Waals surface area (Å²) in [6, 6.07) is 31.8.